The van der Waals surface area contributed by atoms with Gasteiger partial charge < -0.3 is 29.7 Å². The van der Waals surface area contributed by atoms with Crippen LogP contribution in [0.25, 0.3) is 0 Å². The van der Waals surface area contributed by atoms with Crippen molar-refractivity contribution >= 4 is 0 Å². The molecule has 0 aliphatic carbocycles. The van der Waals surface area contributed by atoms with Gasteiger partial charge in [-0.3, -0.25) is 0 Å². The van der Waals surface area contributed by atoms with Crippen molar-refractivity contribution in [3.8, 4) is 0 Å². The first-order valence-electron chi connectivity index (χ1n) is 6.58. The van der Waals surface area contributed by atoms with Gasteiger partial charge in [0.2, 0.25) is 0 Å². The zero-order valence-corrected chi connectivity index (χ0v) is 10.9. The molecule has 0 amide bonds. The SMILES string of the molecule is CC(C)NCC1OC2OCCCOC1C(O)C2O. The Kier molecular flexibility index (Phi) is 4.94. The minimum Gasteiger partial charge on any atom is -0.387 e. The third-order valence-corrected chi connectivity index (χ3v) is 3.25. The van der Waals surface area contributed by atoms with E-state index in [1.807, 2.05) is 13.8 Å². The Morgan fingerprint density at radius 1 is 1.17 bits per heavy atom. The van der Waals surface area contributed by atoms with Crippen LogP contribution in [0.2, 0.25) is 0 Å². The molecule has 0 aromatic heterocycles. The van der Waals surface area contributed by atoms with Gasteiger partial charge in [-0.05, 0) is 6.42 Å². The van der Waals surface area contributed by atoms with Gasteiger partial charge >= 0.3 is 0 Å². The van der Waals surface area contributed by atoms with Crippen LogP contribution in [0.1, 0.15) is 20.3 Å². The molecule has 18 heavy (non-hydrogen) atoms. The summed E-state index contributed by atoms with van der Waals surface area (Å²) in [4.78, 5) is 0. The Morgan fingerprint density at radius 3 is 2.61 bits per heavy atom. The number of aliphatic hydroxyl groups is 2. The number of nitrogens with one attached hydrogen (secondary N) is 1. The molecule has 0 aromatic carbocycles. The van der Waals surface area contributed by atoms with Crippen LogP contribution >= 0.6 is 0 Å². The average molecular weight is 261 g/mol. The fourth-order valence-electron chi connectivity index (χ4n) is 2.24. The van der Waals surface area contributed by atoms with Gasteiger partial charge in [0.15, 0.2) is 6.29 Å². The van der Waals surface area contributed by atoms with E-state index in [-0.39, 0.29) is 6.10 Å². The van der Waals surface area contributed by atoms with E-state index in [0.29, 0.717) is 25.8 Å². The first-order chi connectivity index (χ1) is 8.59. The first kappa shape index (κ1) is 14.2. The Balaban J connectivity index is 2.05. The number of aliphatic hydroxyl groups excluding tert-OH is 2. The number of fused-ring (bicyclic) bond motifs is 6. The van der Waals surface area contributed by atoms with Crippen LogP contribution in [-0.4, -0.2) is 66.7 Å². The van der Waals surface area contributed by atoms with E-state index in [0.717, 1.165) is 6.42 Å². The molecule has 6 nitrogen and oxygen atoms in total. The quantitative estimate of drug-likeness (QED) is 0.619. The van der Waals surface area contributed by atoms with Crippen molar-refractivity contribution in [3.63, 3.8) is 0 Å². The molecule has 6 heteroatoms. The predicted octanol–water partition coefficient (Wildman–Crippen LogP) is -0.763. The number of rotatable bonds is 3. The molecule has 0 radical (unpaired) electrons. The van der Waals surface area contributed by atoms with Gasteiger partial charge in [0.05, 0.1) is 6.61 Å². The molecule has 2 bridgehead atoms. The molecule has 3 aliphatic heterocycles. The van der Waals surface area contributed by atoms with Crippen LogP contribution in [0.4, 0.5) is 0 Å². The van der Waals surface area contributed by atoms with Crippen LogP contribution in [0, 0.1) is 0 Å². The van der Waals surface area contributed by atoms with Gasteiger partial charge in [-0.15, -0.1) is 0 Å². The van der Waals surface area contributed by atoms with Gasteiger partial charge in [0.25, 0.3) is 0 Å². The average Bonchev–Trinajstić information content (AvgIpc) is 2.47. The van der Waals surface area contributed by atoms with E-state index >= 15 is 0 Å². The molecule has 5 atom stereocenters. The van der Waals surface area contributed by atoms with Crippen molar-refractivity contribution in [2.75, 3.05) is 19.8 Å². The molecule has 3 rings (SSSR count). The van der Waals surface area contributed by atoms with Crippen LogP contribution in [-0.2, 0) is 14.2 Å². The molecule has 3 heterocycles. The highest BCUT2D eigenvalue weighted by Crippen LogP contribution is 2.25. The third kappa shape index (κ3) is 3.20. The zero-order valence-electron chi connectivity index (χ0n) is 10.9. The molecule has 0 saturated carbocycles. The summed E-state index contributed by atoms with van der Waals surface area (Å²) < 4.78 is 16.7. The second-order valence-electron chi connectivity index (χ2n) is 5.15. The summed E-state index contributed by atoms with van der Waals surface area (Å²) >= 11 is 0. The van der Waals surface area contributed by atoms with Crippen LogP contribution in [0.15, 0.2) is 0 Å². The first-order valence-corrected chi connectivity index (χ1v) is 6.58. The van der Waals surface area contributed by atoms with Crippen molar-refractivity contribution in [1.82, 2.24) is 5.32 Å². The number of hydrogen-bond acceptors (Lipinski definition) is 6. The smallest absolute Gasteiger partial charge is 0.186 e. The Labute approximate surface area is 107 Å². The summed E-state index contributed by atoms with van der Waals surface area (Å²) in [6.45, 7) is 5.60. The molecule has 106 valence electrons. The fourth-order valence-corrected chi connectivity index (χ4v) is 2.24. The second-order valence-corrected chi connectivity index (χ2v) is 5.15. The van der Waals surface area contributed by atoms with Crippen molar-refractivity contribution < 1.29 is 24.4 Å². The molecule has 3 aliphatic rings. The molecular weight excluding hydrogens is 238 g/mol. The van der Waals surface area contributed by atoms with Crippen molar-refractivity contribution in [3.05, 3.63) is 0 Å². The lowest BCUT2D eigenvalue weighted by Gasteiger charge is -2.41. The zero-order chi connectivity index (χ0) is 13.1. The van der Waals surface area contributed by atoms with Gasteiger partial charge in [0.1, 0.15) is 24.4 Å². The van der Waals surface area contributed by atoms with E-state index in [9.17, 15) is 10.2 Å². The summed E-state index contributed by atoms with van der Waals surface area (Å²) in [7, 11) is 0. The summed E-state index contributed by atoms with van der Waals surface area (Å²) in [5.74, 6) is 0. The van der Waals surface area contributed by atoms with Crippen LogP contribution in [0.5, 0.6) is 0 Å². The monoisotopic (exact) mass is 261 g/mol. The largest absolute Gasteiger partial charge is 0.387 e. The molecule has 3 N–H and O–H groups in total. The lowest BCUT2D eigenvalue weighted by molar-refractivity contribution is -0.292. The van der Waals surface area contributed by atoms with Crippen LogP contribution in [0.3, 0.4) is 0 Å². The Hall–Kier alpha value is -0.240. The van der Waals surface area contributed by atoms with E-state index in [2.05, 4.69) is 5.32 Å². The lowest BCUT2D eigenvalue weighted by Crippen LogP contribution is -2.61. The highest BCUT2D eigenvalue weighted by molar-refractivity contribution is 4.92. The number of hydrogen-bond donors (Lipinski definition) is 3. The topological polar surface area (TPSA) is 80.2 Å². The van der Waals surface area contributed by atoms with E-state index in [1.165, 1.54) is 0 Å². The standard InChI is InChI=1S/C12H23NO5/c1-7(2)13-6-8-11-9(14)10(15)12(18-8)17-5-3-4-16-11/h7-15H,3-6H2,1-2H3. The molecule has 5 unspecified atom stereocenters. The minimum absolute atomic E-state index is 0.311. The summed E-state index contributed by atoms with van der Waals surface area (Å²) in [6, 6.07) is 0.322. The molecule has 3 saturated heterocycles. The second kappa shape index (κ2) is 6.27. The normalized spacial score (nSPS) is 41.5. The summed E-state index contributed by atoms with van der Waals surface area (Å²) in [5.41, 5.74) is 0. The maximum atomic E-state index is 10.1. The van der Waals surface area contributed by atoms with Gasteiger partial charge in [-0.2, -0.15) is 0 Å². The van der Waals surface area contributed by atoms with E-state index < -0.39 is 24.6 Å². The predicted molar refractivity (Wildman–Crippen MR) is 64.1 cm³/mol. The number of ether oxygens (including phenoxy) is 3. The summed E-state index contributed by atoms with van der Waals surface area (Å²) in [5, 5.41) is 23.2. The maximum absolute atomic E-state index is 10.1. The van der Waals surface area contributed by atoms with Crippen LogP contribution < -0.4 is 5.32 Å². The highest BCUT2D eigenvalue weighted by atomic mass is 16.7. The van der Waals surface area contributed by atoms with E-state index in [4.69, 9.17) is 14.2 Å². The Morgan fingerprint density at radius 2 is 1.89 bits per heavy atom. The maximum Gasteiger partial charge on any atom is 0.186 e. The molecule has 0 spiro atoms. The lowest BCUT2D eigenvalue weighted by atomic mass is 9.98. The van der Waals surface area contributed by atoms with Gasteiger partial charge in [0, 0.05) is 19.2 Å². The highest BCUT2D eigenvalue weighted by Gasteiger charge is 2.46. The fraction of sp³-hybridized carbons (Fsp3) is 1.00. The van der Waals surface area contributed by atoms with Crippen molar-refractivity contribution in [2.45, 2.75) is 57.0 Å². The third-order valence-electron chi connectivity index (χ3n) is 3.25. The van der Waals surface area contributed by atoms with Crippen molar-refractivity contribution in [1.29, 1.82) is 0 Å². The molecule has 3 fully saturated rings. The van der Waals surface area contributed by atoms with Crippen molar-refractivity contribution in [2.24, 2.45) is 0 Å². The van der Waals surface area contributed by atoms with Gasteiger partial charge in [-0.25, -0.2) is 0 Å². The summed E-state index contributed by atoms with van der Waals surface area (Å²) in [6.07, 6.45) is -2.88. The molecular formula is C12H23NO5. The molecule has 0 aromatic rings. The Bertz CT molecular complexity index is 261. The minimum atomic E-state index is -1.05. The van der Waals surface area contributed by atoms with E-state index in [1.54, 1.807) is 0 Å². The van der Waals surface area contributed by atoms with Gasteiger partial charge in [-0.1, -0.05) is 13.8 Å².